The van der Waals surface area contributed by atoms with Gasteiger partial charge in [-0.25, -0.2) is 0 Å². The fourth-order valence-electron chi connectivity index (χ4n) is 1.84. The Hall–Kier alpha value is -2.08. The van der Waals surface area contributed by atoms with Gasteiger partial charge in [0.25, 0.3) is 5.89 Å². The number of hydrogen-bond acceptors (Lipinski definition) is 6. The van der Waals surface area contributed by atoms with E-state index in [1.807, 2.05) is 32.9 Å². The molecule has 0 amide bonds. The standard InChI is InChI=1S/C15H21N3O3/c1-9(2)15-17-14(21-18-15)8-20-13-7-11(19-4)5-6-12(13)10(3)16/h5-7,9-10H,8,16H2,1-4H3/t10-/m1/s1. The zero-order valence-corrected chi connectivity index (χ0v) is 12.8. The third-order valence-electron chi connectivity index (χ3n) is 3.06. The maximum Gasteiger partial charge on any atom is 0.264 e. The van der Waals surface area contributed by atoms with E-state index in [9.17, 15) is 0 Å². The normalized spacial score (nSPS) is 12.5. The van der Waals surface area contributed by atoms with Gasteiger partial charge in [-0.1, -0.05) is 25.1 Å². The van der Waals surface area contributed by atoms with Crippen LogP contribution in [-0.4, -0.2) is 17.3 Å². The Morgan fingerprint density at radius 2 is 2.05 bits per heavy atom. The lowest BCUT2D eigenvalue weighted by molar-refractivity contribution is 0.239. The van der Waals surface area contributed by atoms with Crippen molar-refractivity contribution in [2.24, 2.45) is 5.73 Å². The molecule has 6 heteroatoms. The van der Waals surface area contributed by atoms with E-state index in [1.54, 1.807) is 13.2 Å². The SMILES string of the molecule is COc1ccc([C@@H](C)N)c(OCc2nc(C(C)C)no2)c1. The monoisotopic (exact) mass is 291 g/mol. The number of methoxy groups -OCH3 is 1. The van der Waals surface area contributed by atoms with Crippen LogP contribution in [0.2, 0.25) is 0 Å². The second-order valence-corrected chi connectivity index (χ2v) is 5.18. The van der Waals surface area contributed by atoms with Crippen LogP contribution < -0.4 is 15.2 Å². The molecule has 6 nitrogen and oxygen atoms in total. The minimum Gasteiger partial charge on any atom is -0.497 e. The highest BCUT2D eigenvalue weighted by Gasteiger charge is 2.13. The fraction of sp³-hybridized carbons (Fsp3) is 0.467. The van der Waals surface area contributed by atoms with Gasteiger partial charge >= 0.3 is 0 Å². The summed E-state index contributed by atoms with van der Waals surface area (Å²) in [6.45, 7) is 6.11. The van der Waals surface area contributed by atoms with Crippen molar-refractivity contribution in [3.05, 3.63) is 35.5 Å². The van der Waals surface area contributed by atoms with E-state index < -0.39 is 0 Å². The quantitative estimate of drug-likeness (QED) is 0.881. The van der Waals surface area contributed by atoms with Crippen LogP contribution >= 0.6 is 0 Å². The number of aromatic nitrogens is 2. The maximum atomic E-state index is 5.95. The summed E-state index contributed by atoms with van der Waals surface area (Å²) in [6.07, 6.45) is 0. The maximum absolute atomic E-state index is 5.95. The van der Waals surface area contributed by atoms with Crippen molar-refractivity contribution >= 4 is 0 Å². The van der Waals surface area contributed by atoms with Crippen LogP contribution in [0.25, 0.3) is 0 Å². The molecule has 1 aromatic heterocycles. The number of nitrogens with zero attached hydrogens (tertiary/aromatic N) is 2. The molecule has 0 fully saturated rings. The summed E-state index contributed by atoms with van der Waals surface area (Å²) in [7, 11) is 1.61. The highest BCUT2D eigenvalue weighted by atomic mass is 16.5. The second-order valence-electron chi connectivity index (χ2n) is 5.18. The molecule has 0 aliphatic carbocycles. The predicted octanol–water partition coefficient (Wildman–Crippen LogP) is 2.80. The Bertz CT molecular complexity index is 594. The van der Waals surface area contributed by atoms with Gasteiger partial charge in [0.15, 0.2) is 12.4 Å². The summed E-state index contributed by atoms with van der Waals surface area (Å²) < 4.78 is 16.1. The van der Waals surface area contributed by atoms with Crippen LogP contribution in [0, 0.1) is 0 Å². The lowest BCUT2D eigenvalue weighted by atomic mass is 10.1. The summed E-state index contributed by atoms with van der Waals surface area (Å²) >= 11 is 0. The van der Waals surface area contributed by atoms with E-state index in [0.717, 1.165) is 5.56 Å². The highest BCUT2D eigenvalue weighted by molar-refractivity contribution is 5.42. The van der Waals surface area contributed by atoms with Crippen molar-refractivity contribution in [3.63, 3.8) is 0 Å². The van der Waals surface area contributed by atoms with Crippen LogP contribution in [0.4, 0.5) is 0 Å². The van der Waals surface area contributed by atoms with E-state index in [4.69, 9.17) is 19.7 Å². The smallest absolute Gasteiger partial charge is 0.264 e. The van der Waals surface area contributed by atoms with Crippen LogP contribution in [0.5, 0.6) is 11.5 Å². The molecule has 21 heavy (non-hydrogen) atoms. The van der Waals surface area contributed by atoms with Crippen molar-refractivity contribution in [2.75, 3.05) is 7.11 Å². The van der Waals surface area contributed by atoms with Crippen molar-refractivity contribution in [3.8, 4) is 11.5 Å². The van der Waals surface area contributed by atoms with E-state index >= 15 is 0 Å². The topological polar surface area (TPSA) is 83.4 Å². The lowest BCUT2D eigenvalue weighted by Crippen LogP contribution is -2.08. The third-order valence-corrected chi connectivity index (χ3v) is 3.06. The van der Waals surface area contributed by atoms with Gasteiger partial charge in [0, 0.05) is 23.6 Å². The lowest BCUT2D eigenvalue weighted by Gasteiger charge is -2.14. The highest BCUT2D eigenvalue weighted by Crippen LogP contribution is 2.29. The van der Waals surface area contributed by atoms with Gasteiger partial charge < -0.3 is 19.7 Å². The average Bonchev–Trinajstić information content (AvgIpc) is 2.93. The molecule has 0 saturated carbocycles. The first-order valence-corrected chi connectivity index (χ1v) is 6.90. The molecule has 0 aliphatic heterocycles. The third kappa shape index (κ3) is 3.72. The summed E-state index contributed by atoms with van der Waals surface area (Å²) in [5, 5.41) is 3.90. The number of benzene rings is 1. The minimum atomic E-state index is -0.139. The Labute approximate surface area is 124 Å². The Kier molecular flexibility index (Phi) is 4.80. The van der Waals surface area contributed by atoms with Gasteiger partial charge in [0.1, 0.15) is 11.5 Å². The molecule has 1 heterocycles. The number of rotatable bonds is 6. The first-order chi connectivity index (χ1) is 10.0. The predicted molar refractivity (Wildman–Crippen MR) is 78.3 cm³/mol. The second kappa shape index (κ2) is 6.58. The molecule has 2 N–H and O–H groups in total. The molecule has 2 aromatic rings. The molecule has 0 radical (unpaired) electrons. The van der Waals surface area contributed by atoms with Gasteiger partial charge in [-0.3, -0.25) is 0 Å². The molecule has 0 bridgehead atoms. The van der Waals surface area contributed by atoms with Gasteiger partial charge in [-0.2, -0.15) is 4.98 Å². The first kappa shape index (κ1) is 15.3. The molecular formula is C15H21N3O3. The Morgan fingerprint density at radius 1 is 1.29 bits per heavy atom. The van der Waals surface area contributed by atoms with E-state index in [-0.39, 0.29) is 18.6 Å². The van der Waals surface area contributed by atoms with Gasteiger partial charge in [0.2, 0.25) is 0 Å². The summed E-state index contributed by atoms with van der Waals surface area (Å²) in [6, 6.07) is 5.42. The van der Waals surface area contributed by atoms with Crippen molar-refractivity contribution < 1.29 is 14.0 Å². The number of nitrogens with two attached hydrogens (primary N) is 1. The molecule has 114 valence electrons. The van der Waals surface area contributed by atoms with Crippen LogP contribution in [-0.2, 0) is 6.61 Å². The van der Waals surface area contributed by atoms with Crippen LogP contribution in [0.3, 0.4) is 0 Å². The van der Waals surface area contributed by atoms with Crippen LogP contribution in [0.1, 0.15) is 50.0 Å². The van der Waals surface area contributed by atoms with Crippen molar-refractivity contribution in [1.82, 2.24) is 10.1 Å². The van der Waals surface area contributed by atoms with Crippen molar-refractivity contribution in [2.45, 2.75) is 39.3 Å². The van der Waals surface area contributed by atoms with E-state index in [1.165, 1.54) is 0 Å². The average molecular weight is 291 g/mol. The largest absolute Gasteiger partial charge is 0.497 e. The molecular weight excluding hydrogens is 270 g/mol. The fourth-order valence-corrected chi connectivity index (χ4v) is 1.84. The van der Waals surface area contributed by atoms with Crippen molar-refractivity contribution in [1.29, 1.82) is 0 Å². The number of ether oxygens (including phenoxy) is 2. The molecule has 1 aromatic carbocycles. The van der Waals surface area contributed by atoms with E-state index in [0.29, 0.717) is 23.2 Å². The van der Waals surface area contributed by atoms with Gasteiger partial charge in [-0.05, 0) is 13.0 Å². The number of hydrogen-bond donors (Lipinski definition) is 1. The zero-order valence-electron chi connectivity index (χ0n) is 12.8. The minimum absolute atomic E-state index is 0.139. The molecule has 1 atom stereocenters. The van der Waals surface area contributed by atoms with Gasteiger partial charge in [-0.15, -0.1) is 0 Å². The van der Waals surface area contributed by atoms with E-state index in [2.05, 4.69) is 10.1 Å². The molecule has 0 unspecified atom stereocenters. The molecule has 0 spiro atoms. The molecule has 0 aliphatic rings. The van der Waals surface area contributed by atoms with Gasteiger partial charge in [0.05, 0.1) is 7.11 Å². The molecule has 0 saturated heterocycles. The molecule has 2 rings (SSSR count). The summed E-state index contributed by atoms with van der Waals surface area (Å²) in [4.78, 5) is 4.28. The summed E-state index contributed by atoms with van der Waals surface area (Å²) in [5.41, 5.74) is 6.85. The Balaban J connectivity index is 2.14. The Morgan fingerprint density at radius 3 is 2.62 bits per heavy atom. The summed E-state index contributed by atoms with van der Waals surface area (Å²) in [5.74, 6) is 2.71. The van der Waals surface area contributed by atoms with Crippen LogP contribution in [0.15, 0.2) is 22.7 Å². The first-order valence-electron chi connectivity index (χ1n) is 6.90. The zero-order chi connectivity index (χ0) is 15.4.